The van der Waals surface area contributed by atoms with Crippen molar-refractivity contribution in [2.24, 2.45) is 0 Å². The lowest BCUT2D eigenvalue weighted by Gasteiger charge is -2.32. The van der Waals surface area contributed by atoms with Gasteiger partial charge in [-0.3, -0.25) is 4.79 Å². The lowest BCUT2D eigenvalue weighted by atomic mass is 10.2. The third-order valence-electron chi connectivity index (χ3n) is 4.97. The Balaban J connectivity index is 0.00000181. The number of carbonyl (C=O) groups is 1. The summed E-state index contributed by atoms with van der Waals surface area (Å²) in [5.74, 6) is 1.40. The van der Waals surface area contributed by atoms with Gasteiger partial charge in [-0.05, 0) is 24.7 Å². The quantitative estimate of drug-likeness (QED) is 0.533. The van der Waals surface area contributed by atoms with Crippen molar-refractivity contribution in [1.29, 1.82) is 0 Å². The molecule has 1 amide bonds. The van der Waals surface area contributed by atoms with Crippen LogP contribution in [0.15, 0.2) is 54.0 Å². The van der Waals surface area contributed by atoms with E-state index in [4.69, 9.17) is 4.74 Å². The molecular formula is C22H27Cl2N5O2S. The molecule has 32 heavy (non-hydrogen) atoms. The molecule has 1 N–H and O–H groups in total. The first-order chi connectivity index (χ1) is 14.7. The molecule has 10 heteroatoms. The summed E-state index contributed by atoms with van der Waals surface area (Å²) in [4.78, 5) is 25.6. The van der Waals surface area contributed by atoms with Crippen molar-refractivity contribution >= 4 is 53.0 Å². The fraction of sp³-hybridized carbons (Fsp3) is 0.318. The van der Waals surface area contributed by atoms with Crippen molar-refractivity contribution in [2.45, 2.75) is 13.0 Å². The second-order valence-corrected chi connectivity index (χ2v) is 8.11. The SMILES string of the molecule is CN1CCN(C(=O)Cc2csc(Nc3ncccc3OCc3ccccc3)n2)CC1.Cl.Cl. The molecule has 0 atom stereocenters. The number of hydrogen-bond acceptors (Lipinski definition) is 7. The Labute approximate surface area is 204 Å². The van der Waals surface area contributed by atoms with Gasteiger partial charge in [0.25, 0.3) is 0 Å². The number of piperazine rings is 1. The average molecular weight is 496 g/mol. The van der Waals surface area contributed by atoms with Gasteiger partial charge in [-0.15, -0.1) is 36.2 Å². The summed E-state index contributed by atoms with van der Waals surface area (Å²) in [5, 5.41) is 5.84. The number of rotatable bonds is 7. The van der Waals surface area contributed by atoms with Gasteiger partial charge in [0.05, 0.1) is 12.1 Å². The van der Waals surface area contributed by atoms with Crippen LogP contribution in [0.2, 0.25) is 0 Å². The Morgan fingerprint density at radius 1 is 1.09 bits per heavy atom. The predicted molar refractivity (Wildman–Crippen MR) is 133 cm³/mol. The molecule has 0 bridgehead atoms. The zero-order valence-electron chi connectivity index (χ0n) is 17.8. The number of anilines is 2. The van der Waals surface area contributed by atoms with Crippen LogP contribution in [0.5, 0.6) is 5.75 Å². The van der Waals surface area contributed by atoms with Gasteiger partial charge in [0, 0.05) is 37.8 Å². The summed E-state index contributed by atoms with van der Waals surface area (Å²) < 4.78 is 5.94. The smallest absolute Gasteiger partial charge is 0.228 e. The molecule has 2 aromatic heterocycles. The molecule has 1 aliphatic heterocycles. The fourth-order valence-electron chi connectivity index (χ4n) is 3.21. The fourth-order valence-corrected chi connectivity index (χ4v) is 3.91. The third kappa shape index (κ3) is 7.06. The van der Waals surface area contributed by atoms with Crippen LogP contribution in [-0.4, -0.2) is 58.9 Å². The normalized spacial score (nSPS) is 13.6. The number of nitrogens with zero attached hydrogens (tertiary/aromatic N) is 4. The average Bonchev–Trinajstić information content (AvgIpc) is 3.21. The van der Waals surface area contributed by atoms with Crippen LogP contribution in [0.1, 0.15) is 11.3 Å². The van der Waals surface area contributed by atoms with Gasteiger partial charge in [-0.1, -0.05) is 30.3 Å². The number of hydrogen-bond donors (Lipinski definition) is 1. The Morgan fingerprint density at radius 2 is 1.84 bits per heavy atom. The Kier molecular flexibility index (Phi) is 10.2. The van der Waals surface area contributed by atoms with Gasteiger partial charge in [-0.25, -0.2) is 9.97 Å². The maximum absolute atomic E-state index is 12.5. The zero-order chi connectivity index (χ0) is 20.8. The van der Waals surface area contributed by atoms with Crippen molar-refractivity contribution in [2.75, 3.05) is 38.5 Å². The second-order valence-electron chi connectivity index (χ2n) is 7.25. The van der Waals surface area contributed by atoms with E-state index in [0.717, 1.165) is 37.4 Å². The molecule has 4 rings (SSSR count). The highest BCUT2D eigenvalue weighted by atomic mass is 35.5. The highest BCUT2D eigenvalue weighted by molar-refractivity contribution is 7.13. The summed E-state index contributed by atoms with van der Waals surface area (Å²) in [6.45, 7) is 3.85. The second kappa shape index (κ2) is 12.6. The minimum absolute atomic E-state index is 0. The van der Waals surface area contributed by atoms with Gasteiger partial charge in [0.15, 0.2) is 16.7 Å². The minimum Gasteiger partial charge on any atom is -0.485 e. The van der Waals surface area contributed by atoms with E-state index < -0.39 is 0 Å². The largest absolute Gasteiger partial charge is 0.485 e. The van der Waals surface area contributed by atoms with E-state index in [-0.39, 0.29) is 30.7 Å². The number of likely N-dealkylation sites (N-methyl/N-ethyl adjacent to an activating group) is 1. The summed E-state index contributed by atoms with van der Waals surface area (Å²) in [5.41, 5.74) is 1.86. The molecule has 7 nitrogen and oxygen atoms in total. The van der Waals surface area contributed by atoms with E-state index in [2.05, 4.69) is 27.2 Å². The van der Waals surface area contributed by atoms with Crippen LogP contribution in [0, 0.1) is 0 Å². The van der Waals surface area contributed by atoms with E-state index in [1.807, 2.05) is 52.7 Å². The molecular weight excluding hydrogens is 469 g/mol. The molecule has 3 aromatic rings. The molecule has 0 spiro atoms. The number of pyridine rings is 1. The predicted octanol–water partition coefficient (Wildman–Crippen LogP) is 4.02. The van der Waals surface area contributed by atoms with Crippen LogP contribution >= 0.6 is 36.2 Å². The number of carbonyl (C=O) groups excluding carboxylic acids is 1. The zero-order valence-corrected chi connectivity index (χ0v) is 20.2. The molecule has 1 saturated heterocycles. The van der Waals surface area contributed by atoms with E-state index in [1.54, 1.807) is 6.20 Å². The Hall–Kier alpha value is -2.39. The highest BCUT2D eigenvalue weighted by Crippen LogP contribution is 2.27. The first kappa shape index (κ1) is 25.9. The van der Waals surface area contributed by atoms with E-state index >= 15 is 0 Å². The van der Waals surface area contributed by atoms with Crippen molar-refractivity contribution in [1.82, 2.24) is 19.8 Å². The lowest BCUT2D eigenvalue weighted by Crippen LogP contribution is -2.47. The highest BCUT2D eigenvalue weighted by Gasteiger charge is 2.20. The van der Waals surface area contributed by atoms with Crippen LogP contribution in [0.3, 0.4) is 0 Å². The molecule has 1 aromatic carbocycles. The molecule has 1 fully saturated rings. The summed E-state index contributed by atoms with van der Waals surface area (Å²) in [6.07, 6.45) is 2.03. The van der Waals surface area contributed by atoms with Crippen molar-refractivity contribution in [3.05, 3.63) is 65.3 Å². The number of benzene rings is 1. The molecule has 0 unspecified atom stereocenters. The number of thiazole rings is 1. The van der Waals surface area contributed by atoms with Crippen molar-refractivity contribution in [3.8, 4) is 5.75 Å². The number of nitrogens with one attached hydrogen (secondary N) is 1. The van der Waals surface area contributed by atoms with Gasteiger partial charge in [-0.2, -0.15) is 0 Å². The lowest BCUT2D eigenvalue weighted by molar-refractivity contribution is -0.132. The third-order valence-corrected chi connectivity index (χ3v) is 5.78. The first-order valence-electron chi connectivity index (χ1n) is 9.97. The maximum atomic E-state index is 12.5. The molecule has 3 heterocycles. The first-order valence-corrected chi connectivity index (χ1v) is 10.8. The standard InChI is InChI=1S/C22H25N5O2S.2ClH/c1-26-10-12-27(13-11-26)20(28)14-18-16-30-22(24-18)25-21-19(8-5-9-23-21)29-15-17-6-3-2-4-7-17;;/h2-9,16H,10-15H2,1H3,(H,23,24,25);2*1H. The summed E-state index contributed by atoms with van der Waals surface area (Å²) in [6, 6.07) is 13.7. The van der Waals surface area contributed by atoms with Crippen molar-refractivity contribution < 1.29 is 9.53 Å². The summed E-state index contributed by atoms with van der Waals surface area (Å²) >= 11 is 1.46. The van der Waals surface area contributed by atoms with Gasteiger partial charge >= 0.3 is 0 Å². The van der Waals surface area contributed by atoms with Crippen LogP contribution in [-0.2, 0) is 17.8 Å². The molecule has 0 radical (unpaired) electrons. The molecule has 0 saturated carbocycles. The van der Waals surface area contributed by atoms with E-state index in [0.29, 0.717) is 29.7 Å². The van der Waals surface area contributed by atoms with E-state index in [9.17, 15) is 4.79 Å². The van der Waals surface area contributed by atoms with Crippen LogP contribution in [0.4, 0.5) is 10.9 Å². The summed E-state index contributed by atoms with van der Waals surface area (Å²) in [7, 11) is 2.08. The number of amides is 1. The van der Waals surface area contributed by atoms with Crippen LogP contribution < -0.4 is 10.1 Å². The monoisotopic (exact) mass is 495 g/mol. The number of halogens is 2. The topological polar surface area (TPSA) is 70.6 Å². The van der Waals surface area contributed by atoms with Gasteiger partial charge < -0.3 is 19.9 Å². The number of ether oxygens (including phenoxy) is 1. The molecule has 0 aliphatic carbocycles. The minimum atomic E-state index is 0. The number of aromatic nitrogens is 2. The van der Waals surface area contributed by atoms with Gasteiger partial charge in [0.2, 0.25) is 5.91 Å². The molecule has 1 aliphatic rings. The Morgan fingerprint density at radius 3 is 2.59 bits per heavy atom. The molecule has 172 valence electrons. The van der Waals surface area contributed by atoms with E-state index in [1.165, 1.54) is 11.3 Å². The van der Waals surface area contributed by atoms with Crippen molar-refractivity contribution in [3.63, 3.8) is 0 Å². The van der Waals surface area contributed by atoms with Gasteiger partial charge in [0.1, 0.15) is 6.61 Å². The Bertz CT molecular complexity index is 981. The maximum Gasteiger partial charge on any atom is 0.228 e. The van der Waals surface area contributed by atoms with Crippen LogP contribution in [0.25, 0.3) is 0 Å².